The summed E-state index contributed by atoms with van der Waals surface area (Å²) in [5.41, 5.74) is 1.75. The Bertz CT molecular complexity index is 2140. The maximum atomic E-state index is 14.0. The lowest BCUT2D eigenvalue weighted by Crippen LogP contribution is -2.78. The molecule has 302 valence electrons. The zero-order chi connectivity index (χ0) is 39.4. The topological polar surface area (TPSA) is 147 Å². The Morgan fingerprint density at radius 1 is 0.947 bits per heavy atom. The lowest BCUT2D eigenvalue weighted by atomic mass is 9.37. The summed E-state index contributed by atoms with van der Waals surface area (Å²) >= 11 is 0. The number of rotatable bonds is 10. The van der Waals surface area contributed by atoms with Crippen LogP contribution in [-0.2, 0) is 27.2 Å². The van der Waals surface area contributed by atoms with Crippen molar-refractivity contribution in [2.75, 3.05) is 31.1 Å². The number of imide groups is 1. The van der Waals surface area contributed by atoms with Gasteiger partial charge >= 0.3 is 0 Å². The molecular weight excluding hydrogens is 723 g/mol. The van der Waals surface area contributed by atoms with Crippen molar-refractivity contribution in [2.45, 2.75) is 116 Å². The molecule has 11 rings (SSSR count). The molecule has 3 saturated heterocycles. The molecule has 4 aliphatic carbocycles. The van der Waals surface area contributed by atoms with Gasteiger partial charge in [-0.05, 0) is 99.3 Å². The maximum Gasteiger partial charge on any atom is 0.261 e. The highest BCUT2D eigenvalue weighted by Crippen LogP contribution is 2.75. The Morgan fingerprint density at radius 2 is 1.74 bits per heavy atom. The second-order valence-electron chi connectivity index (χ2n) is 18.8. The second kappa shape index (κ2) is 13.5. The fourth-order valence-corrected chi connectivity index (χ4v) is 13.2. The lowest BCUT2D eigenvalue weighted by molar-refractivity contribution is -0.402. The van der Waals surface area contributed by atoms with Crippen molar-refractivity contribution in [1.82, 2.24) is 19.9 Å². The standard InChI is InChI=1S/C45H55N5O7/c1-26-31-23-33(51)37-44-17-9-16-43(2,3)34(44)24-35(45(37,38(26)52)39(31)53)57-42(44)56-22-8-11-27-25-49(47-46-27)20-10-21-50-40(54)29-13-7-12-28-32(48-18-5-4-6-19-48)15-14-30(36(28)29)41(50)55/h7,12-15,25,31,33-35,37,39,42,51,53H,1,4-6,8-11,16-24H2,2-3H3/t31-,33-,34+,35+,37-,39+,42+,44-,45+/m0/s1. The van der Waals surface area contributed by atoms with Crippen molar-refractivity contribution in [3.8, 4) is 0 Å². The van der Waals surface area contributed by atoms with Crippen LogP contribution in [0.2, 0.25) is 0 Å². The number of fused-ring (bicyclic) bond motifs is 2. The number of aliphatic hydroxyl groups is 2. The second-order valence-corrected chi connectivity index (χ2v) is 18.8. The molecule has 9 atom stereocenters. The Hall–Kier alpha value is -3.97. The SMILES string of the molecule is C=C1C(=O)[C@]23[C@H](O)[C@H]1C[C@H](O)[C@H]2[C@]12CCCC(C)(C)[C@H]1C[C@H]3O[C@H]2OCCCc1cn(CCCN2C(=O)c3cccc4c(N5CCCCC5)ccc(c34)C2=O)nn1. The molecule has 7 fully saturated rings. The minimum Gasteiger partial charge on any atom is -0.393 e. The molecule has 8 aliphatic rings. The molecule has 2 N–H and O–H groups in total. The first-order valence-corrected chi connectivity index (χ1v) is 21.4. The number of aromatic nitrogens is 3. The molecule has 1 aromatic heterocycles. The van der Waals surface area contributed by atoms with E-state index in [-0.39, 0.29) is 35.5 Å². The number of hydrogen-bond acceptors (Lipinski definition) is 10. The molecule has 4 aliphatic heterocycles. The summed E-state index contributed by atoms with van der Waals surface area (Å²) in [6, 6.07) is 9.73. The first-order valence-electron chi connectivity index (χ1n) is 21.4. The molecule has 57 heavy (non-hydrogen) atoms. The van der Waals surface area contributed by atoms with Crippen molar-refractivity contribution >= 4 is 34.1 Å². The first-order chi connectivity index (χ1) is 27.5. The number of hydrogen-bond donors (Lipinski definition) is 2. The van der Waals surface area contributed by atoms with Crippen LogP contribution in [0.15, 0.2) is 48.7 Å². The predicted molar refractivity (Wildman–Crippen MR) is 211 cm³/mol. The zero-order valence-corrected chi connectivity index (χ0v) is 33.2. The van der Waals surface area contributed by atoms with Crippen LogP contribution < -0.4 is 4.90 Å². The number of ether oxygens (including phenoxy) is 2. The summed E-state index contributed by atoms with van der Waals surface area (Å²) in [6.45, 7) is 11.9. The fourth-order valence-electron chi connectivity index (χ4n) is 13.2. The van der Waals surface area contributed by atoms with Crippen molar-refractivity contribution in [1.29, 1.82) is 0 Å². The van der Waals surface area contributed by atoms with Gasteiger partial charge in [-0.15, -0.1) is 5.10 Å². The van der Waals surface area contributed by atoms with Crippen LogP contribution in [0.4, 0.5) is 5.69 Å². The molecule has 4 bridgehead atoms. The summed E-state index contributed by atoms with van der Waals surface area (Å²) < 4.78 is 15.2. The van der Waals surface area contributed by atoms with E-state index in [0.29, 0.717) is 62.0 Å². The molecule has 0 unspecified atom stereocenters. The summed E-state index contributed by atoms with van der Waals surface area (Å²) in [4.78, 5) is 45.2. The van der Waals surface area contributed by atoms with Gasteiger partial charge in [-0.1, -0.05) is 44.2 Å². The summed E-state index contributed by atoms with van der Waals surface area (Å²) in [5.74, 6) is -1.30. The van der Waals surface area contributed by atoms with Crippen LogP contribution in [0.25, 0.3) is 10.8 Å². The van der Waals surface area contributed by atoms with Crippen molar-refractivity contribution in [3.05, 3.63) is 65.5 Å². The Labute approximate surface area is 333 Å². The van der Waals surface area contributed by atoms with E-state index >= 15 is 0 Å². The first kappa shape index (κ1) is 37.3. The summed E-state index contributed by atoms with van der Waals surface area (Å²) in [7, 11) is 0. The number of nitrogens with zero attached hydrogens (tertiary/aromatic N) is 5. The molecule has 3 aromatic rings. The number of carbonyl (C=O) groups is 3. The minimum atomic E-state index is -1.16. The third kappa shape index (κ3) is 5.28. The van der Waals surface area contributed by atoms with E-state index in [1.54, 1.807) is 4.68 Å². The average molecular weight is 778 g/mol. The summed E-state index contributed by atoms with van der Waals surface area (Å²) in [5, 5.41) is 34.0. The number of amides is 2. The highest BCUT2D eigenvalue weighted by molar-refractivity contribution is 6.26. The van der Waals surface area contributed by atoms with Crippen molar-refractivity contribution in [3.63, 3.8) is 0 Å². The van der Waals surface area contributed by atoms with E-state index in [2.05, 4.69) is 35.6 Å². The molecule has 0 radical (unpaired) electrons. The fraction of sp³-hybridized carbons (Fsp3) is 0.622. The van der Waals surface area contributed by atoms with Crippen LogP contribution >= 0.6 is 0 Å². The summed E-state index contributed by atoms with van der Waals surface area (Å²) in [6.07, 6.45) is 8.34. The molecule has 2 amide bonds. The van der Waals surface area contributed by atoms with Crippen LogP contribution in [0, 0.1) is 34.0 Å². The molecule has 2 aromatic carbocycles. The van der Waals surface area contributed by atoms with E-state index < -0.39 is 47.3 Å². The molecule has 5 heterocycles. The van der Waals surface area contributed by atoms with Gasteiger partial charge in [0.25, 0.3) is 11.8 Å². The highest BCUT2D eigenvalue weighted by Gasteiger charge is 2.81. The monoisotopic (exact) mass is 777 g/mol. The smallest absolute Gasteiger partial charge is 0.261 e. The molecule has 12 nitrogen and oxygen atoms in total. The van der Waals surface area contributed by atoms with Crippen LogP contribution in [0.5, 0.6) is 0 Å². The molecule has 4 saturated carbocycles. The number of aryl methyl sites for hydroxylation is 2. The van der Waals surface area contributed by atoms with Gasteiger partial charge in [0.15, 0.2) is 12.1 Å². The predicted octanol–water partition coefficient (Wildman–Crippen LogP) is 5.48. The van der Waals surface area contributed by atoms with Gasteiger partial charge in [-0.2, -0.15) is 0 Å². The number of anilines is 1. The van der Waals surface area contributed by atoms with Crippen molar-refractivity contribution < 1.29 is 34.1 Å². The quantitative estimate of drug-likeness (QED) is 0.154. The molecule has 12 heteroatoms. The number of ketones is 1. The minimum absolute atomic E-state index is 0.0219. The van der Waals surface area contributed by atoms with Gasteiger partial charge in [0.2, 0.25) is 0 Å². The highest BCUT2D eigenvalue weighted by atomic mass is 16.7. The van der Waals surface area contributed by atoms with Gasteiger partial charge in [-0.3, -0.25) is 24.0 Å². The largest absolute Gasteiger partial charge is 0.393 e. The van der Waals surface area contributed by atoms with Gasteiger partial charge in [-0.25, -0.2) is 0 Å². The van der Waals surface area contributed by atoms with Crippen LogP contribution in [0.1, 0.15) is 104 Å². The lowest BCUT2D eigenvalue weighted by Gasteiger charge is -2.72. The van der Waals surface area contributed by atoms with Gasteiger partial charge in [0.05, 0.1) is 36.0 Å². The van der Waals surface area contributed by atoms with Crippen molar-refractivity contribution in [2.24, 2.45) is 34.0 Å². The Balaban J connectivity index is 0.774. The third-order valence-electron chi connectivity index (χ3n) is 15.6. The average Bonchev–Trinajstić information content (AvgIpc) is 3.70. The number of carbonyl (C=O) groups excluding carboxylic acids is 3. The van der Waals surface area contributed by atoms with Gasteiger partial charge in [0.1, 0.15) is 0 Å². The normalized spacial score (nSPS) is 35.3. The molecule has 2 spiro atoms. The van der Waals surface area contributed by atoms with Crippen LogP contribution in [0.3, 0.4) is 0 Å². The number of piperidine rings is 1. The van der Waals surface area contributed by atoms with Crippen LogP contribution in [-0.4, -0.2) is 98.5 Å². The van der Waals surface area contributed by atoms with E-state index in [1.807, 2.05) is 36.5 Å². The van der Waals surface area contributed by atoms with Gasteiger partial charge in [0, 0.05) is 77.2 Å². The number of benzene rings is 2. The number of aliphatic hydroxyl groups excluding tert-OH is 2. The van der Waals surface area contributed by atoms with Gasteiger partial charge < -0.3 is 24.6 Å². The Morgan fingerprint density at radius 3 is 2.54 bits per heavy atom. The Kier molecular flexibility index (Phi) is 8.86. The van der Waals surface area contributed by atoms with E-state index in [0.717, 1.165) is 67.3 Å². The van der Waals surface area contributed by atoms with E-state index in [9.17, 15) is 24.6 Å². The van der Waals surface area contributed by atoms with E-state index in [4.69, 9.17) is 9.47 Å². The maximum absolute atomic E-state index is 14.0. The van der Waals surface area contributed by atoms with E-state index in [1.165, 1.54) is 11.3 Å². The molecular formula is C45H55N5O7. The number of Topliss-reactive ketones (excluding diaryl/α,β-unsaturated/α-hetero) is 1. The zero-order valence-electron chi connectivity index (χ0n) is 33.2. The third-order valence-corrected chi connectivity index (χ3v) is 15.6.